The predicted molar refractivity (Wildman–Crippen MR) is 53.7 cm³/mol. The molecule has 1 rings (SSSR count). The van der Waals surface area contributed by atoms with Gasteiger partial charge in [0.05, 0.1) is 12.8 Å². The summed E-state index contributed by atoms with van der Waals surface area (Å²) in [4.78, 5) is 23.6. The van der Waals surface area contributed by atoms with E-state index in [2.05, 4.69) is 4.90 Å². The summed E-state index contributed by atoms with van der Waals surface area (Å²) in [6.07, 6.45) is 1.24. The quantitative estimate of drug-likeness (QED) is 0.719. The Hall–Kier alpha value is -1.10. The zero-order valence-corrected chi connectivity index (χ0v) is 8.90. The summed E-state index contributed by atoms with van der Waals surface area (Å²) in [5, 5.41) is 17.6. The topological polar surface area (TPSA) is 77.8 Å². The summed E-state index contributed by atoms with van der Waals surface area (Å²) in [6.45, 7) is 1.56. The van der Waals surface area contributed by atoms with Crippen molar-refractivity contribution in [2.45, 2.75) is 25.7 Å². The van der Waals surface area contributed by atoms with Gasteiger partial charge in [-0.3, -0.25) is 9.59 Å². The zero-order valence-electron chi connectivity index (χ0n) is 8.90. The van der Waals surface area contributed by atoms with Gasteiger partial charge >= 0.3 is 11.9 Å². The van der Waals surface area contributed by atoms with Crippen LogP contribution >= 0.6 is 0 Å². The second-order valence-electron chi connectivity index (χ2n) is 4.44. The second kappa shape index (κ2) is 4.61. The van der Waals surface area contributed by atoms with Crippen LogP contribution in [0.25, 0.3) is 0 Å². The number of hydrogen-bond donors (Lipinski definition) is 2. The molecule has 0 atom stereocenters. The van der Waals surface area contributed by atoms with Gasteiger partial charge in [-0.15, -0.1) is 0 Å². The molecule has 0 aromatic heterocycles. The van der Waals surface area contributed by atoms with Crippen molar-refractivity contribution in [3.63, 3.8) is 0 Å². The predicted octanol–water partition coefficient (Wildman–Crippen LogP) is 0.648. The van der Waals surface area contributed by atoms with Gasteiger partial charge in [0, 0.05) is 0 Å². The number of likely N-dealkylation sites (tertiary alicyclic amines) is 1. The molecule has 5 heteroatoms. The van der Waals surface area contributed by atoms with Crippen molar-refractivity contribution in [2.24, 2.45) is 5.41 Å². The molecule has 0 spiro atoms. The van der Waals surface area contributed by atoms with E-state index >= 15 is 0 Å². The van der Waals surface area contributed by atoms with Gasteiger partial charge < -0.3 is 15.1 Å². The van der Waals surface area contributed by atoms with Gasteiger partial charge in [-0.1, -0.05) is 0 Å². The fourth-order valence-electron chi connectivity index (χ4n) is 2.15. The highest BCUT2D eigenvalue weighted by molar-refractivity contribution is 5.72. The van der Waals surface area contributed by atoms with Gasteiger partial charge in [-0.2, -0.15) is 0 Å². The SMILES string of the molecule is CN1CCC(CC(=O)O)(CC(=O)O)CC1. The lowest BCUT2D eigenvalue weighted by molar-refractivity contribution is -0.145. The van der Waals surface area contributed by atoms with Crippen LogP contribution in [0.1, 0.15) is 25.7 Å². The fraction of sp³-hybridized carbons (Fsp3) is 0.800. The third kappa shape index (κ3) is 3.51. The first-order chi connectivity index (χ1) is 6.93. The van der Waals surface area contributed by atoms with Crippen LogP contribution in [0.2, 0.25) is 0 Å². The minimum Gasteiger partial charge on any atom is -0.481 e. The van der Waals surface area contributed by atoms with Gasteiger partial charge in [-0.25, -0.2) is 0 Å². The Kier molecular flexibility index (Phi) is 3.68. The normalized spacial score (nSPS) is 21.1. The van der Waals surface area contributed by atoms with Crippen LogP contribution in [0.3, 0.4) is 0 Å². The van der Waals surface area contributed by atoms with E-state index in [0.717, 1.165) is 13.1 Å². The summed E-state index contributed by atoms with van der Waals surface area (Å²) in [5.74, 6) is -1.80. The molecule has 0 saturated carbocycles. The molecule has 0 aromatic carbocycles. The smallest absolute Gasteiger partial charge is 0.303 e. The molecule has 1 saturated heterocycles. The van der Waals surface area contributed by atoms with Crippen molar-refractivity contribution in [2.75, 3.05) is 20.1 Å². The minimum atomic E-state index is -0.902. The molecule has 0 aromatic rings. The lowest BCUT2D eigenvalue weighted by Gasteiger charge is -2.38. The molecule has 2 N–H and O–H groups in total. The van der Waals surface area contributed by atoms with E-state index in [1.165, 1.54) is 0 Å². The van der Waals surface area contributed by atoms with E-state index in [-0.39, 0.29) is 12.8 Å². The highest BCUT2D eigenvalue weighted by atomic mass is 16.4. The Bertz CT molecular complexity index is 238. The van der Waals surface area contributed by atoms with Crippen LogP contribution in [0.4, 0.5) is 0 Å². The molecule has 0 unspecified atom stereocenters. The van der Waals surface area contributed by atoms with E-state index in [9.17, 15) is 9.59 Å². The Morgan fingerprint density at radius 3 is 1.87 bits per heavy atom. The molecular formula is C10H17NO4. The molecule has 86 valence electrons. The first kappa shape index (κ1) is 12.0. The molecule has 0 amide bonds. The summed E-state index contributed by atoms with van der Waals surface area (Å²) in [5.41, 5.74) is -0.538. The van der Waals surface area contributed by atoms with E-state index in [0.29, 0.717) is 12.8 Å². The maximum Gasteiger partial charge on any atom is 0.303 e. The first-order valence-corrected chi connectivity index (χ1v) is 5.06. The molecular weight excluding hydrogens is 198 g/mol. The minimum absolute atomic E-state index is 0.0346. The van der Waals surface area contributed by atoms with Crippen LogP contribution in [0.5, 0.6) is 0 Å². The van der Waals surface area contributed by atoms with Crippen molar-refractivity contribution in [3.8, 4) is 0 Å². The molecule has 0 radical (unpaired) electrons. The van der Waals surface area contributed by atoms with Crippen molar-refractivity contribution in [1.82, 2.24) is 4.90 Å². The first-order valence-electron chi connectivity index (χ1n) is 5.06. The fourth-order valence-corrected chi connectivity index (χ4v) is 2.15. The van der Waals surface area contributed by atoms with E-state index in [4.69, 9.17) is 10.2 Å². The average Bonchev–Trinajstić information content (AvgIpc) is 2.08. The third-order valence-electron chi connectivity index (χ3n) is 3.10. The number of aliphatic carboxylic acids is 2. The number of carboxylic acids is 2. The van der Waals surface area contributed by atoms with E-state index < -0.39 is 17.4 Å². The number of rotatable bonds is 4. The van der Waals surface area contributed by atoms with Crippen LogP contribution in [0, 0.1) is 5.41 Å². The zero-order chi connectivity index (χ0) is 11.5. The van der Waals surface area contributed by atoms with Gasteiger partial charge in [-0.05, 0) is 38.4 Å². The average molecular weight is 215 g/mol. The van der Waals surface area contributed by atoms with Crippen LogP contribution in [-0.4, -0.2) is 47.2 Å². The monoisotopic (exact) mass is 215 g/mol. The van der Waals surface area contributed by atoms with Crippen molar-refractivity contribution in [3.05, 3.63) is 0 Å². The number of hydrogen-bond acceptors (Lipinski definition) is 3. The lowest BCUT2D eigenvalue weighted by atomic mass is 9.73. The Morgan fingerprint density at radius 1 is 1.13 bits per heavy atom. The number of nitrogens with zero attached hydrogens (tertiary/aromatic N) is 1. The summed E-state index contributed by atoms with van der Waals surface area (Å²) < 4.78 is 0. The summed E-state index contributed by atoms with van der Waals surface area (Å²) in [6, 6.07) is 0. The van der Waals surface area contributed by atoms with Crippen molar-refractivity contribution >= 4 is 11.9 Å². The van der Waals surface area contributed by atoms with Crippen LogP contribution in [0.15, 0.2) is 0 Å². The Balaban J connectivity index is 2.68. The van der Waals surface area contributed by atoms with E-state index in [1.54, 1.807) is 0 Å². The molecule has 0 aliphatic carbocycles. The van der Waals surface area contributed by atoms with Gasteiger partial charge in [0.1, 0.15) is 0 Å². The summed E-state index contributed by atoms with van der Waals surface area (Å²) in [7, 11) is 1.96. The maximum absolute atomic E-state index is 10.7. The molecule has 5 nitrogen and oxygen atoms in total. The molecule has 1 fully saturated rings. The van der Waals surface area contributed by atoms with Gasteiger partial charge in [0.25, 0.3) is 0 Å². The van der Waals surface area contributed by atoms with Crippen molar-refractivity contribution in [1.29, 1.82) is 0 Å². The van der Waals surface area contributed by atoms with Gasteiger partial charge in [0.15, 0.2) is 0 Å². The van der Waals surface area contributed by atoms with Crippen molar-refractivity contribution < 1.29 is 19.8 Å². The second-order valence-corrected chi connectivity index (χ2v) is 4.44. The van der Waals surface area contributed by atoms with E-state index in [1.807, 2.05) is 7.05 Å². The highest BCUT2D eigenvalue weighted by Gasteiger charge is 2.37. The highest BCUT2D eigenvalue weighted by Crippen LogP contribution is 2.38. The van der Waals surface area contributed by atoms with Crippen LogP contribution in [-0.2, 0) is 9.59 Å². The molecule has 1 aliphatic heterocycles. The number of piperidine rings is 1. The lowest BCUT2D eigenvalue weighted by Crippen LogP contribution is -2.40. The largest absolute Gasteiger partial charge is 0.481 e. The summed E-state index contributed by atoms with van der Waals surface area (Å²) >= 11 is 0. The maximum atomic E-state index is 10.7. The van der Waals surface area contributed by atoms with Crippen LogP contribution < -0.4 is 0 Å². The molecule has 1 heterocycles. The number of carboxylic acid groups (broad SMARTS) is 2. The van der Waals surface area contributed by atoms with Gasteiger partial charge in [0.2, 0.25) is 0 Å². The molecule has 1 aliphatic rings. The third-order valence-corrected chi connectivity index (χ3v) is 3.10. The standard InChI is InChI=1S/C10H17NO4/c1-11-4-2-10(3-5-11,6-8(12)13)7-9(14)15/h2-7H2,1H3,(H,12,13)(H,14,15). The Labute approximate surface area is 88.7 Å². The number of carbonyl (C=O) groups is 2. The Morgan fingerprint density at radius 2 is 1.53 bits per heavy atom. The molecule has 15 heavy (non-hydrogen) atoms. The molecule has 0 bridgehead atoms.